The topological polar surface area (TPSA) is 47.4 Å². The Kier molecular flexibility index (Phi) is 6.17. The molecule has 0 bridgehead atoms. The second-order valence-electron chi connectivity index (χ2n) is 7.14. The maximum Gasteiger partial charge on any atom is 0.435 e. The number of para-hydroxylation sites is 1. The number of amides is 1. The van der Waals surface area contributed by atoms with E-state index < -0.39 is 18.0 Å². The summed E-state index contributed by atoms with van der Waals surface area (Å²) in [6, 6.07) is 25.0. The molecule has 8 heteroatoms. The Morgan fingerprint density at radius 1 is 0.939 bits per heavy atom. The van der Waals surface area contributed by atoms with E-state index in [-0.39, 0.29) is 11.4 Å². The fourth-order valence-corrected chi connectivity index (χ4v) is 3.39. The highest BCUT2D eigenvalue weighted by molar-refractivity contribution is 5.89. The van der Waals surface area contributed by atoms with Crippen molar-refractivity contribution in [2.75, 3.05) is 11.4 Å². The first-order valence-corrected chi connectivity index (χ1v) is 10.2. The molecule has 0 aliphatic heterocycles. The highest BCUT2D eigenvalue weighted by Gasteiger charge is 2.35. The average Bonchev–Trinajstić information content (AvgIpc) is 3.27. The van der Waals surface area contributed by atoms with Gasteiger partial charge in [0.1, 0.15) is 5.75 Å². The molecule has 0 unspecified atom stereocenters. The van der Waals surface area contributed by atoms with E-state index in [2.05, 4.69) is 5.10 Å². The Hall–Kier alpha value is -4.07. The third-order valence-electron chi connectivity index (χ3n) is 4.94. The molecule has 1 heterocycles. The van der Waals surface area contributed by atoms with E-state index >= 15 is 0 Å². The number of halogens is 3. The molecular formula is C25H20F3N3O2. The summed E-state index contributed by atoms with van der Waals surface area (Å²) in [6.45, 7) is 2.20. The zero-order valence-corrected chi connectivity index (χ0v) is 17.7. The minimum Gasteiger partial charge on any atom is -0.410 e. The van der Waals surface area contributed by atoms with Crippen LogP contribution < -0.4 is 9.64 Å². The van der Waals surface area contributed by atoms with Crippen LogP contribution in [0.3, 0.4) is 0 Å². The quantitative estimate of drug-likeness (QED) is 0.344. The number of rotatable bonds is 5. The van der Waals surface area contributed by atoms with Gasteiger partial charge in [-0.2, -0.15) is 18.3 Å². The van der Waals surface area contributed by atoms with Crippen LogP contribution in [0.2, 0.25) is 0 Å². The number of carbonyl (C=O) groups excluding carboxylic acids is 1. The van der Waals surface area contributed by atoms with Crippen LogP contribution in [0.5, 0.6) is 5.75 Å². The second-order valence-corrected chi connectivity index (χ2v) is 7.14. The maximum atomic E-state index is 13.4. The van der Waals surface area contributed by atoms with Gasteiger partial charge in [0.25, 0.3) is 0 Å². The van der Waals surface area contributed by atoms with Gasteiger partial charge in [0.2, 0.25) is 0 Å². The van der Waals surface area contributed by atoms with Gasteiger partial charge in [-0.25, -0.2) is 9.48 Å². The summed E-state index contributed by atoms with van der Waals surface area (Å²) in [5, 5.41) is 3.79. The van der Waals surface area contributed by atoms with Crippen molar-refractivity contribution in [1.82, 2.24) is 9.78 Å². The van der Waals surface area contributed by atoms with Crippen LogP contribution in [-0.4, -0.2) is 22.4 Å². The summed E-state index contributed by atoms with van der Waals surface area (Å²) in [5.41, 5.74) is 0.840. The van der Waals surface area contributed by atoms with Gasteiger partial charge in [-0.05, 0) is 37.3 Å². The van der Waals surface area contributed by atoms with Gasteiger partial charge >= 0.3 is 12.3 Å². The van der Waals surface area contributed by atoms with Gasteiger partial charge in [0.05, 0.1) is 11.4 Å². The van der Waals surface area contributed by atoms with Gasteiger partial charge in [0.15, 0.2) is 5.69 Å². The molecule has 0 radical (unpaired) electrons. The molecule has 4 aromatic rings. The van der Waals surface area contributed by atoms with Gasteiger partial charge in [-0.15, -0.1) is 0 Å². The lowest BCUT2D eigenvalue weighted by Crippen LogP contribution is -2.33. The van der Waals surface area contributed by atoms with E-state index in [9.17, 15) is 18.0 Å². The average molecular weight is 451 g/mol. The molecule has 1 amide bonds. The predicted octanol–water partition coefficient (Wildman–Crippen LogP) is 6.58. The Bertz CT molecular complexity index is 1240. The Balaban J connectivity index is 1.68. The SMILES string of the molecule is CCN(C(=O)Oc1cccc(-n2nc(C(F)(F)F)cc2-c2ccccc2)c1)c1ccccc1. The van der Waals surface area contributed by atoms with E-state index in [1.165, 1.54) is 15.6 Å². The fourth-order valence-electron chi connectivity index (χ4n) is 3.39. The zero-order valence-electron chi connectivity index (χ0n) is 17.7. The van der Waals surface area contributed by atoms with Crippen molar-refractivity contribution < 1.29 is 22.7 Å². The van der Waals surface area contributed by atoms with Gasteiger partial charge in [0, 0.05) is 23.9 Å². The smallest absolute Gasteiger partial charge is 0.410 e. The lowest BCUT2D eigenvalue weighted by atomic mass is 10.1. The number of benzene rings is 3. The monoisotopic (exact) mass is 451 g/mol. The number of nitrogens with zero attached hydrogens (tertiary/aromatic N) is 3. The van der Waals surface area contributed by atoms with Gasteiger partial charge in [-0.3, -0.25) is 4.90 Å². The summed E-state index contributed by atoms with van der Waals surface area (Å²) in [5.74, 6) is 0.190. The van der Waals surface area contributed by atoms with E-state index in [0.29, 0.717) is 23.5 Å². The Morgan fingerprint density at radius 2 is 1.61 bits per heavy atom. The molecule has 5 nitrogen and oxygen atoms in total. The van der Waals surface area contributed by atoms with Crippen LogP contribution in [0.25, 0.3) is 16.9 Å². The molecule has 0 aliphatic rings. The van der Waals surface area contributed by atoms with Crippen molar-refractivity contribution in [3.05, 3.63) is 96.7 Å². The normalized spacial score (nSPS) is 11.3. The first-order valence-electron chi connectivity index (χ1n) is 10.2. The molecule has 4 rings (SSSR count). The molecule has 168 valence electrons. The lowest BCUT2D eigenvalue weighted by molar-refractivity contribution is -0.141. The minimum atomic E-state index is -4.60. The largest absolute Gasteiger partial charge is 0.435 e. The van der Waals surface area contributed by atoms with Crippen LogP contribution >= 0.6 is 0 Å². The minimum absolute atomic E-state index is 0.190. The van der Waals surface area contributed by atoms with Crippen LogP contribution in [0, 0.1) is 0 Å². The number of anilines is 1. The van der Waals surface area contributed by atoms with Crippen LogP contribution in [-0.2, 0) is 6.18 Å². The predicted molar refractivity (Wildman–Crippen MR) is 119 cm³/mol. The van der Waals surface area contributed by atoms with Crippen molar-refractivity contribution in [1.29, 1.82) is 0 Å². The molecule has 3 aromatic carbocycles. The first kappa shape index (κ1) is 22.1. The molecule has 0 fully saturated rings. The van der Waals surface area contributed by atoms with Crippen molar-refractivity contribution in [3.63, 3.8) is 0 Å². The summed E-state index contributed by atoms with van der Waals surface area (Å²) in [4.78, 5) is 14.2. The Morgan fingerprint density at radius 3 is 2.24 bits per heavy atom. The zero-order chi connectivity index (χ0) is 23.4. The van der Waals surface area contributed by atoms with Crippen molar-refractivity contribution >= 4 is 11.8 Å². The third-order valence-corrected chi connectivity index (χ3v) is 4.94. The third kappa shape index (κ3) is 4.90. The van der Waals surface area contributed by atoms with Gasteiger partial charge in [-0.1, -0.05) is 54.6 Å². The van der Waals surface area contributed by atoms with E-state index in [1.807, 2.05) is 25.1 Å². The standard InChI is InChI=1S/C25H20F3N3O2/c1-2-30(19-12-7-4-8-13-19)24(32)33-21-15-9-14-20(16-21)31-22(18-10-5-3-6-11-18)17-23(29-31)25(26,27)28/h3-17H,2H2,1H3. The second kappa shape index (κ2) is 9.20. The molecule has 0 aliphatic carbocycles. The van der Waals surface area contributed by atoms with Crippen molar-refractivity contribution in [2.24, 2.45) is 0 Å². The molecule has 0 saturated carbocycles. The summed E-state index contributed by atoms with van der Waals surface area (Å²) < 4.78 is 46.9. The van der Waals surface area contributed by atoms with Crippen LogP contribution in [0.1, 0.15) is 12.6 Å². The van der Waals surface area contributed by atoms with Crippen molar-refractivity contribution in [2.45, 2.75) is 13.1 Å². The number of carbonyl (C=O) groups is 1. The molecule has 0 atom stereocenters. The number of hydrogen-bond donors (Lipinski definition) is 0. The number of alkyl halides is 3. The number of hydrogen-bond acceptors (Lipinski definition) is 3. The molecular weight excluding hydrogens is 431 g/mol. The van der Waals surface area contributed by atoms with Crippen molar-refractivity contribution in [3.8, 4) is 22.7 Å². The summed E-state index contributed by atoms with van der Waals surface area (Å²) >= 11 is 0. The van der Waals surface area contributed by atoms with Crippen LogP contribution in [0.15, 0.2) is 91.0 Å². The first-order chi connectivity index (χ1) is 15.9. The maximum absolute atomic E-state index is 13.4. The van der Waals surface area contributed by atoms with E-state index in [0.717, 1.165) is 6.07 Å². The summed E-state index contributed by atoms with van der Waals surface area (Å²) in [7, 11) is 0. The van der Waals surface area contributed by atoms with E-state index in [1.54, 1.807) is 60.7 Å². The van der Waals surface area contributed by atoms with Gasteiger partial charge < -0.3 is 4.74 Å². The molecule has 33 heavy (non-hydrogen) atoms. The van der Waals surface area contributed by atoms with Crippen LogP contribution in [0.4, 0.5) is 23.7 Å². The fraction of sp³-hybridized carbons (Fsp3) is 0.120. The molecule has 0 N–H and O–H groups in total. The molecule has 0 spiro atoms. The Labute approximate surface area is 188 Å². The number of ether oxygens (including phenoxy) is 1. The van der Waals surface area contributed by atoms with E-state index in [4.69, 9.17) is 4.74 Å². The number of aromatic nitrogens is 2. The summed E-state index contributed by atoms with van der Waals surface area (Å²) in [6.07, 6.45) is -5.20. The highest BCUT2D eigenvalue weighted by atomic mass is 19.4. The highest BCUT2D eigenvalue weighted by Crippen LogP contribution is 2.33. The lowest BCUT2D eigenvalue weighted by Gasteiger charge is -2.20. The molecule has 1 aromatic heterocycles. The molecule has 0 saturated heterocycles.